The van der Waals surface area contributed by atoms with E-state index < -0.39 is 0 Å². The molecule has 2 N–H and O–H groups in total. The number of imidazole rings is 1. The Kier molecular flexibility index (Phi) is 6.01. The molecule has 0 unspecified atom stereocenters. The molecule has 7 nitrogen and oxygen atoms in total. The maximum atomic E-state index is 12.7. The van der Waals surface area contributed by atoms with Gasteiger partial charge in [-0.25, -0.2) is 4.98 Å². The van der Waals surface area contributed by atoms with Crippen LogP contribution in [0.15, 0.2) is 24.8 Å². The summed E-state index contributed by atoms with van der Waals surface area (Å²) in [5, 5.41) is 10.5. The van der Waals surface area contributed by atoms with Crippen LogP contribution in [0.3, 0.4) is 0 Å². The monoisotopic (exact) mass is 352 g/mol. The zero-order valence-corrected chi connectivity index (χ0v) is 15.1. The highest BCUT2D eigenvalue weighted by atomic mass is 35.5. The van der Waals surface area contributed by atoms with Crippen molar-refractivity contribution < 1.29 is 4.79 Å². The van der Waals surface area contributed by atoms with Gasteiger partial charge in [0.05, 0.1) is 12.1 Å². The van der Waals surface area contributed by atoms with Crippen LogP contribution >= 0.6 is 12.4 Å². The van der Waals surface area contributed by atoms with E-state index in [0.29, 0.717) is 18.4 Å². The lowest BCUT2D eigenvalue weighted by Gasteiger charge is -2.17. The highest BCUT2D eigenvalue weighted by Crippen LogP contribution is 2.28. The molecule has 1 amide bonds. The van der Waals surface area contributed by atoms with Crippen molar-refractivity contribution in [3.8, 4) is 0 Å². The second-order valence-electron chi connectivity index (χ2n) is 6.60. The molecule has 0 spiro atoms. The van der Waals surface area contributed by atoms with Crippen molar-refractivity contribution in [1.82, 2.24) is 24.6 Å². The van der Waals surface area contributed by atoms with Gasteiger partial charge in [-0.15, -0.1) is 12.4 Å². The molecule has 1 aliphatic rings. The third-order valence-electron chi connectivity index (χ3n) is 4.22. The number of aromatic nitrogens is 4. The van der Waals surface area contributed by atoms with Crippen LogP contribution in [0.25, 0.3) is 0 Å². The molecule has 24 heavy (non-hydrogen) atoms. The SMILES string of the molecule is CC(C)Cn1ccnc1NC(=O)[C@H]1CNC[C@@H]1c1cnn(C)c1.Cl. The summed E-state index contributed by atoms with van der Waals surface area (Å²) in [7, 11) is 1.89. The van der Waals surface area contributed by atoms with Crippen molar-refractivity contribution >= 4 is 24.3 Å². The largest absolute Gasteiger partial charge is 0.317 e. The molecule has 2 atom stereocenters. The smallest absolute Gasteiger partial charge is 0.231 e. The number of nitrogens with one attached hydrogen (secondary N) is 2. The van der Waals surface area contributed by atoms with Crippen LogP contribution in [-0.2, 0) is 18.4 Å². The van der Waals surface area contributed by atoms with E-state index >= 15 is 0 Å². The van der Waals surface area contributed by atoms with Gasteiger partial charge in [-0.05, 0) is 11.5 Å². The van der Waals surface area contributed by atoms with Gasteiger partial charge < -0.3 is 9.88 Å². The van der Waals surface area contributed by atoms with Gasteiger partial charge in [-0.1, -0.05) is 13.8 Å². The first-order valence-electron chi connectivity index (χ1n) is 8.06. The molecule has 0 radical (unpaired) electrons. The Morgan fingerprint density at radius 2 is 2.25 bits per heavy atom. The molecule has 0 aromatic carbocycles. The summed E-state index contributed by atoms with van der Waals surface area (Å²) in [5.74, 6) is 1.18. The summed E-state index contributed by atoms with van der Waals surface area (Å²) in [6.45, 7) is 6.60. The van der Waals surface area contributed by atoms with Crippen molar-refractivity contribution in [3.63, 3.8) is 0 Å². The number of carbonyl (C=O) groups excluding carboxylic acids is 1. The predicted octanol–water partition coefficient (Wildman–Crippen LogP) is 1.64. The zero-order chi connectivity index (χ0) is 16.4. The van der Waals surface area contributed by atoms with E-state index in [-0.39, 0.29) is 30.2 Å². The Hall–Kier alpha value is -1.86. The van der Waals surface area contributed by atoms with Gasteiger partial charge in [0.25, 0.3) is 0 Å². The Balaban J connectivity index is 0.00000208. The van der Waals surface area contributed by atoms with Crippen LogP contribution in [0, 0.1) is 11.8 Å². The van der Waals surface area contributed by atoms with Gasteiger partial charge in [0.1, 0.15) is 0 Å². The van der Waals surface area contributed by atoms with Crippen LogP contribution in [-0.4, -0.2) is 38.3 Å². The topological polar surface area (TPSA) is 76.8 Å². The molecule has 3 heterocycles. The Morgan fingerprint density at radius 1 is 1.46 bits per heavy atom. The highest BCUT2D eigenvalue weighted by molar-refractivity contribution is 5.92. The van der Waals surface area contributed by atoms with Gasteiger partial charge in [0, 0.05) is 51.2 Å². The van der Waals surface area contributed by atoms with E-state index in [1.807, 2.05) is 30.2 Å². The number of aryl methyl sites for hydroxylation is 1. The van der Waals surface area contributed by atoms with Crippen LogP contribution < -0.4 is 10.6 Å². The second-order valence-corrected chi connectivity index (χ2v) is 6.60. The lowest BCUT2D eigenvalue weighted by molar-refractivity contribution is -0.119. The van der Waals surface area contributed by atoms with E-state index in [2.05, 4.69) is 34.6 Å². The molecule has 0 bridgehead atoms. The number of anilines is 1. The highest BCUT2D eigenvalue weighted by Gasteiger charge is 2.35. The fourth-order valence-corrected chi connectivity index (χ4v) is 3.11. The van der Waals surface area contributed by atoms with Gasteiger partial charge >= 0.3 is 0 Å². The Bertz CT molecular complexity index is 680. The van der Waals surface area contributed by atoms with Crippen LogP contribution in [0.2, 0.25) is 0 Å². The van der Waals surface area contributed by atoms with Crippen LogP contribution in [0.4, 0.5) is 5.95 Å². The Labute approximate surface area is 148 Å². The molecule has 3 rings (SSSR count). The summed E-state index contributed by atoms with van der Waals surface area (Å²) >= 11 is 0. The van der Waals surface area contributed by atoms with E-state index in [1.54, 1.807) is 10.9 Å². The minimum absolute atomic E-state index is 0. The van der Waals surface area contributed by atoms with E-state index in [9.17, 15) is 4.79 Å². The number of halogens is 1. The number of nitrogens with zero attached hydrogens (tertiary/aromatic N) is 4. The first kappa shape index (κ1) is 18.5. The molecule has 1 aliphatic heterocycles. The normalized spacial score (nSPS) is 20.2. The van der Waals surface area contributed by atoms with Crippen molar-refractivity contribution in [2.75, 3.05) is 18.4 Å². The fraction of sp³-hybridized carbons (Fsp3) is 0.562. The molecular formula is C16H25ClN6O. The van der Waals surface area contributed by atoms with Crippen molar-refractivity contribution in [2.24, 2.45) is 18.9 Å². The van der Waals surface area contributed by atoms with Gasteiger partial charge in [-0.3, -0.25) is 14.8 Å². The third-order valence-corrected chi connectivity index (χ3v) is 4.22. The van der Waals surface area contributed by atoms with Crippen LogP contribution in [0.1, 0.15) is 25.3 Å². The molecule has 1 saturated heterocycles. The van der Waals surface area contributed by atoms with E-state index in [1.165, 1.54) is 0 Å². The minimum Gasteiger partial charge on any atom is -0.317 e. The zero-order valence-electron chi connectivity index (χ0n) is 14.3. The maximum Gasteiger partial charge on any atom is 0.231 e. The minimum atomic E-state index is -0.108. The van der Waals surface area contributed by atoms with Crippen molar-refractivity contribution in [3.05, 3.63) is 30.4 Å². The number of amides is 1. The lowest BCUT2D eigenvalue weighted by Crippen LogP contribution is -2.29. The van der Waals surface area contributed by atoms with Gasteiger partial charge in [0.2, 0.25) is 11.9 Å². The van der Waals surface area contributed by atoms with E-state index in [0.717, 1.165) is 18.7 Å². The lowest BCUT2D eigenvalue weighted by atomic mass is 9.90. The quantitative estimate of drug-likeness (QED) is 0.857. The average molecular weight is 353 g/mol. The summed E-state index contributed by atoms with van der Waals surface area (Å²) in [5.41, 5.74) is 1.10. The van der Waals surface area contributed by atoms with Gasteiger partial charge in [0.15, 0.2) is 0 Å². The summed E-state index contributed by atoms with van der Waals surface area (Å²) in [6, 6.07) is 0. The van der Waals surface area contributed by atoms with E-state index in [4.69, 9.17) is 0 Å². The number of hydrogen-bond acceptors (Lipinski definition) is 4. The molecular weight excluding hydrogens is 328 g/mol. The first-order chi connectivity index (χ1) is 11.0. The molecule has 1 fully saturated rings. The summed E-state index contributed by atoms with van der Waals surface area (Å²) in [4.78, 5) is 17.0. The molecule has 0 aliphatic carbocycles. The number of rotatable bonds is 5. The molecule has 8 heteroatoms. The average Bonchev–Trinajstić information content (AvgIpc) is 3.19. The molecule has 132 valence electrons. The van der Waals surface area contributed by atoms with Crippen molar-refractivity contribution in [2.45, 2.75) is 26.3 Å². The predicted molar refractivity (Wildman–Crippen MR) is 95.3 cm³/mol. The maximum absolute atomic E-state index is 12.7. The van der Waals surface area contributed by atoms with Crippen molar-refractivity contribution in [1.29, 1.82) is 0 Å². The molecule has 0 saturated carbocycles. The second kappa shape index (κ2) is 7.81. The Morgan fingerprint density at radius 3 is 2.92 bits per heavy atom. The molecule has 2 aromatic heterocycles. The third kappa shape index (κ3) is 3.96. The number of hydrogen-bond donors (Lipinski definition) is 2. The fourth-order valence-electron chi connectivity index (χ4n) is 3.11. The first-order valence-corrected chi connectivity index (χ1v) is 8.06. The summed E-state index contributed by atoms with van der Waals surface area (Å²) in [6.07, 6.45) is 7.46. The van der Waals surface area contributed by atoms with Crippen LogP contribution in [0.5, 0.6) is 0 Å². The van der Waals surface area contributed by atoms with Gasteiger partial charge in [-0.2, -0.15) is 5.10 Å². The summed E-state index contributed by atoms with van der Waals surface area (Å²) < 4.78 is 3.77. The molecule has 2 aromatic rings. The number of carbonyl (C=O) groups is 1. The standard InChI is InChI=1S/C16H24N6O.ClH/c1-11(2)9-22-5-4-18-16(22)20-15(23)14-8-17-7-13(14)12-6-19-21(3)10-12;/h4-6,10-11,13-14,17H,7-9H2,1-3H3,(H,18,20,23);1H/t13-,14+;/m1./s1.